The summed E-state index contributed by atoms with van der Waals surface area (Å²) < 4.78 is 11.2. The summed E-state index contributed by atoms with van der Waals surface area (Å²) in [6.45, 7) is 9.31. The second-order valence-corrected chi connectivity index (χ2v) is 7.11. The van der Waals surface area contributed by atoms with Crippen LogP contribution in [0.4, 0.5) is 0 Å². The molecule has 0 aromatic carbocycles. The van der Waals surface area contributed by atoms with Crippen LogP contribution in [-0.4, -0.2) is 45.5 Å². The Morgan fingerprint density at radius 2 is 2.29 bits per heavy atom. The van der Waals surface area contributed by atoms with E-state index in [1.165, 1.54) is 4.88 Å². The first-order valence-electron chi connectivity index (χ1n) is 9.03. The molecular weight excluding hydrogens is 322 g/mol. The third kappa shape index (κ3) is 7.20. The molecule has 1 aromatic rings. The van der Waals surface area contributed by atoms with Gasteiger partial charge in [0.05, 0.1) is 6.04 Å². The van der Waals surface area contributed by atoms with Crippen molar-refractivity contribution < 1.29 is 9.47 Å². The quantitative estimate of drug-likeness (QED) is 0.407. The van der Waals surface area contributed by atoms with Gasteiger partial charge in [-0.15, -0.1) is 11.3 Å². The molecule has 1 aromatic heterocycles. The molecule has 0 aliphatic carbocycles. The van der Waals surface area contributed by atoms with Crippen LogP contribution in [0.25, 0.3) is 0 Å². The van der Waals surface area contributed by atoms with Crippen LogP contribution in [0.5, 0.6) is 0 Å². The summed E-state index contributed by atoms with van der Waals surface area (Å²) in [6, 6.07) is 4.50. The fraction of sp³-hybridized carbons (Fsp3) is 0.722. The molecule has 1 atom stereocenters. The van der Waals surface area contributed by atoms with Crippen molar-refractivity contribution in [2.24, 2.45) is 10.9 Å². The third-order valence-electron chi connectivity index (χ3n) is 4.08. The van der Waals surface area contributed by atoms with E-state index in [4.69, 9.17) is 9.47 Å². The van der Waals surface area contributed by atoms with E-state index in [2.05, 4.69) is 47.0 Å². The van der Waals surface area contributed by atoms with Crippen molar-refractivity contribution in [1.29, 1.82) is 0 Å². The molecule has 0 saturated carbocycles. The average molecular weight is 354 g/mol. The van der Waals surface area contributed by atoms with E-state index in [1.807, 2.05) is 0 Å². The maximum Gasteiger partial charge on any atom is 0.191 e. The van der Waals surface area contributed by atoms with Crippen LogP contribution < -0.4 is 10.6 Å². The SMILES string of the molecule is CCNC(=NCCCOCC1CCOCC1)NC(C)c1cccs1. The summed E-state index contributed by atoms with van der Waals surface area (Å²) in [7, 11) is 0. The molecule has 0 radical (unpaired) electrons. The van der Waals surface area contributed by atoms with Gasteiger partial charge in [0.15, 0.2) is 5.96 Å². The van der Waals surface area contributed by atoms with Crippen LogP contribution in [0.1, 0.15) is 44.0 Å². The first-order chi connectivity index (χ1) is 11.8. The van der Waals surface area contributed by atoms with Crippen molar-refractivity contribution in [3.8, 4) is 0 Å². The van der Waals surface area contributed by atoms with Crippen molar-refractivity contribution in [2.75, 3.05) is 39.5 Å². The van der Waals surface area contributed by atoms with E-state index >= 15 is 0 Å². The normalized spacial score (nSPS) is 17.7. The number of rotatable bonds is 9. The summed E-state index contributed by atoms with van der Waals surface area (Å²) in [5.74, 6) is 1.55. The lowest BCUT2D eigenvalue weighted by atomic mass is 10.0. The Hall–Kier alpha value is -1.11. The number of hydrogen-bond acceptors (Lipinski definition) is 4. The van der Waals surface area contributed by atoms with Gasteiger partial charge in [0, 0.05) is 44.4 Å². The van der Waals surface area contributed by atoms with Gasteiger partial charge in [0.1, 0.15) is 0 Å². The molecule has 1 aliphatic heterocycles. The topological polar surface area (TPSA) is 54.9 Å². The van der Waals surface area contributed by atoms with E-state index in [1.54, 1.807) is 11.3 Å². The number of thiophene rings is 1. The van der Waals surface area contributed by atoms with Gasteiger partial charge in [-0.1, -0.05) is 6.07 Å². The fourth-order valence-electron chi connectivity index (χ4n) is 2.65. The van der Waals surface area contributed by atoms with Gasteiger partial charge in [-0.05, 0) is 50.5 Å². The summed E-state index contributed by atoms with van der Waals surface area (Å²) >= 11 is 1.77. The predicted molar refractivity (Wildman–Crippen MR) is 101 cm³/mol. The molecule has 136 valence electrons. The van der Waals surface area contributed by atoms with Gasteiger partial charge < -0.3 is 20.1 Å². The molecule has 6 heteroatoms. The van der Waals surface area contributed by atoms with E-state index in [0.717, 1.165) is 64.7 Å². The van der Waals surface area contributed by atoms with Crippen LogP contribution in [0.15, 0.2) is 22.5 Å². The lowest BCUT2D eigenvalue weighted by Crippen LogP contribution is -2.38. The summed E-state index contributed by atoms with van der Waals surface area (Å²) in [5, 5.41) is 8.87. The third-order valence-corrected chi connectivity index (χ3v) is 5.13. The van der Waals surface area contributed by atoms with Gasteiger partial charge in [-0.25, -0.2) is 0 Å². The minimum atomic E-state index is 0.271. The molecule has 1 unspecified atom stereocenters. The van der Waals surface area contributed by atoms with Crippen molar-refractivity contribution in [3.63, 3.8) is 0 Å². The van der Waals surface area contributed by atoms with Gasteiger partial charge in [0.2, 0.25) is 0 Å². The van der Waals surface area contributed by atoms with Crippen molar-refractivity contribution in [3.05, 3.63) is 22.4 Å². The maximum absolute atomic E-state index is 5.79. The number of guanidine groups is 1. The van der Waals surface area contributed by atoms with Gasteiger partial charge >= 0.3 is 0 Å². The van der Waals surface area contributed by atoms with Gasteiger partial charge in [-0.2, -0.15) is 0 Å². The summed E-state index contributed by atoms with van der Waals surface area (Å²) in [4.78, 5) is 5.97. The van der Waals surface area contributed by atoms with Crippen molar-refractivity contribution >= 4 is 17.3 Å². The Balaban J connectivity index is 1.63. The fourth-order valence-corrected chi connectivity index (χ4v) is 3.39. The van der Waals surface area contributed by atoms with Gasteiger partial charge in [0.25, 0.3) is 0 Å². The Labute approximate surface area is 149 Å². The molecule has 0 amide bonds. The standard InChI is InChI=1S/C18H31N3O2S/c1-3-19-18(21-15(2)17-6-4-13-24-17)20-9-5-10-23-14-16-7-11-22-12-8-16/h4,6,13,15-16H,3,5,7-12,14H2,1-2H3,(H2,19,20,21). The van der Waals surface area contributed by atoms with Gasteiger partial charge in [-0.3, -0.25) is 4.99 Å². The van der Waals surface area contributed by atoms with E-state index < -0.39 is 0 Å². The molecule has 1 fully saturated rings. The Bertz CT molecular complexity index is 459. The first-order valence-corrected chi connectivity index (χ1v) is 9.91. The average Bonchev–Trinajstić information content (AvgIpc) is 3.13. The Kier molecular flexibility index (Phi) is 9.16. The molecule has 0 bridgehead atoms. The Morgan fingerprint density at radius 1 is 1.46 bits per heavy atom. The highest BCUT2D eigenvalue weighted by molar-refractivity contribution is 7.10. The monoisotopic (exact) mass is 353 g/mol. The zero-order valence-electron chi connectivity index (χ0n) is 14.9. The zero-order chi connectivity index (χ0) is 17.0. The van der Waals surface area contributed by atoms with Crippen molar-refractivity contribution in [1.82, 2.24) is 10.6 Å². The largest absolute Gasteiger partial charge is 0.381 e. The lowest BCUT2D eigenvalue weighted by Gasteiger charge is -2.21. The van der Waals surface area contributed by atoms with Crippen molar-refractivity contribution in [2.45, 2.75) is 39.2 Å². The number of aliphatic imine (C=N–C) groups is 1. The Morgan fingerprint density at radius 3 is 3.00 bits per heavy atom. The van der Waals surface area contributed by atoms with Crippen LogP contribution in [0, 0.1) is 5.92 Å². The predicted octanol–water partition coefficient (Wildman–Crippen LogP) is 3.20. The minimum absolute atomic E-state index is 0.271. The highest BCUT2D eigenvalue weighted by Gasteiger charge is 2.13. The van der Waals surface area contributed by atoms with E-state index in [-0.39, 0.29) is 6.04 Å². The molecule has 1 aliphatic rings. The summed E-state index contributed by atoms with van der Waals surface area (Å²) in [5.41, 5.74) is 0. The van der Waals surface area contributed by atoms with Crippen LogP contribution in [0.3, 0.4) is 0 Å². The number of nitrogens with one attached hydrogen (secondary N) is 2. The molecule has 1 saturated heterocycles. The smallest absolute Gasteiger partial charge is 0.191 e. The van der Waals surface area contributed by atoms with Crippen LogP contribution in [-0.2, 0) is 9.47 Å². The molecule has 0 spiro atoms. The number of ether oxygens (including phenoxy) is 2. The molecule has 2 heterocycles. The van der Waals surface area contributed by atoms with Crippen LogP contribution >= 0.6 is 11.3 Å². The lowest BCUT2D eigenvalue weighted by molar-refractivity contribution is 0.0205. The summed E-state index contributed by atoms with van der Waals surface area (Å²) in [6.07, 6.45) is 3.22. The molecular formula is C18H31N3O2S. The number of nitrogens with zero attached hydrogens (tertiary/aromatic N) is 1. The minimum Gasteiger partial charge on any atom is -0.381 e. The number of hydrogen-bond donors (Lipinski definition) is 2. The maximum atomic E-state index is 5.79. The zero-order valence-corrected chi connectivity index (χ0v) is 15.7. The molecule has 5 nitrogen and oxygen atoms in total. The molecule has 24 heavy (non-hydrogen) atoms. The highest BCUT2D eigenvalue weighted by Crippen LogP contribution is 2.17. The van der Waals surface area contributed by atoms with E-state index in [0.29, 0.717) is 5.92 Å². The van der Waals surface area contributed by atoms with E-state index in [9.17, 15) is 0 Å². The first kappa shape index (κ1) is 19.2. The highest BCUT2D eigenvalue weighted by atomic mass is 32.1. The molecule has 2 N–H and O–H groups in total. The van der Waals surface area contributed by atoms with Crippen LogP contribution in [0.2, 0.25) is 0 Å². The second-order valence-electron chi connectivity index (χ2n) is 6.13. The second kappa shape index (κ2) is 11.4. The molecule has 2 rings (SSSR count).